The zero-order valence-corrected chi connectivity index (χ0v) is 9.99. The van der Waals surface area contributed by atoms with Crippen LogP contribution in [0.2, 0.25) is 0 Å². The third-order valence-electron chi connectivity index (χ3n) is 2.76. The van der Waals surface area contributed by atoms with Crippen LogP contribution in [0.1, 0.15) is 39.5 Å². The molecule has 1 aliphatic heterocycles. The van der Waals surface area contributed by atoms with E-state index in [9.17, 15) is 0 Å². The van der Waals surface area contributed by atoms with Crippen LogP contribution in [0.25, 0.3) is 0 Å². The smallest absolute Gasteiger partial charge is 0.0201 e. The predicted molar refractivity (Wildman–Crippen MR) is 62.4 cm³/mol. The van der Waals surface area contributed by atoms with Gasteiger partial charge >= 0.3 is 0 Å². The first-order valence-electron chi connectivity index (χ1n) is 5.53. The summed E-state index contributed by atoms with van der Waals surface area (Å²) >= 11 is 2.18. The lowest BCUT2D eigenvalue weighted by molar-refractivity contribution is 0.413. The number of hydrogen-bond acceptors (Lipinski definition) is 2. The predicted octanol–water partition coefficient (Wildman–Crippen LogP) is 2.91. The normalized spacial score (nSPS) is 26.3. The van der Waals surface area contributed by atoms with Crippen molar-refractivity contribution in [2.75, 3.05) is 12.8 Å². The van der Waals surface area contributed by atoms with Gasteiger partial charge in [0.05, 0.1) is 0 Å². The van der Waals surface area contributed by atoms with Crippen LogP contribution in [0.15, 0.2) is 0 Å². The van der Waals surface area contributed by atoms with Gasteiger partial charge in [-0.25, -0.2) is 0 Å². The van der Waals surface area contributed by atoms with Crippen LogP contribution in [0.4, 0.5) is 0 Å². The molecule has 0 radical (unpaired) electrons. The lowest BCUT2D eigenvalue weighted by atomic mass is 9.98. The van der Waals surface area contributed by atoms with E-state index in [1.807, 2.05) is 0 Å². The molecule has 1 N–H and O–H groups in total. The summed E-state index contributed by atoms with van der Waals surface area (Å²) in [5.41, 5.74) is 0. The van der Waals surface area contributed by atoms with Crippen LogP contribution in [0.3, 0.4) is 0 Å². The van der Waals surface area contributed by atoms with Crippen molar-refractivity contribution < 1.29 is 0 Å². The minimum Gasteiger partial charge on any atom is -0.316 e. The molecule has 0 bridgehead atoms. The number of rotatable bonds is 4. The van der Waals surface area contributed by atoms with E-state index in [2.05, 4.69) is 38.0 Å². The molecule has 1 saturated heterocycles. The Balaban J connectivity index is 2.34. The molecule has 1 nitrogen and oxygen atoms in total. The van der Waals surface area contributed by atoms with E-state index in [1.54, 1.807) is 0 Å². The fourth-order valence-electron chi connectivity index (χ4n) is 2.05. The van der Waals surface area contributed by atoms with E-state index in [0.29, 0.717) is 0 Å². The second kappa shape index (κ2) is 5.92. The Hall–Kier alpha value is 0.310. The molecule has 0 aromatic rings. The first-order chi connectivity index (χ1) is 6.24. The molecule has 13 heavy (non-hydrogen) atoms. The Labute approximate surface area is 87.1 Å². The van der Waals surface area contributed by atoms with E-state index in [0.717, 1.165) is 17.2 Å². The van der Waals surface area contributed by atoms with Crippen molar-refractivity contribution in [3.05, 3.63) is 0 Å². The zero-order chi connectivity index (χ0) is 9.68. The van der Waals surface area contributed by atoms with Gasteiger partial charge in [0.1, 0.15) is 0 Å². The van der Waals surface area contributed by atoms with Gasteiger partial charge in [0, 0.05) is 11.3 Å². The van der Waals surface area contributed by atoms with Crippen LogP contribution >= 0.6 is 11.8 Å². The van der Waals surface area contributed by atoms with Gasteiger partial charge in [-0.2, -0.15) is 11.8 Å². The lowest BCUT2D eigenvalue weighted by Gasteiger charge is -2.30. The highest BCUT2D eigenvalue weighted by Crippen LogP contribution is 2.29. The fourth-order valence-corrected chi connectivity index (χ4v) is 3.53. The Bertz CT molecular complexity index is 130. The Morgan fingerprint density at radius 1 is 1.38 bits per heavy atom. The molecular formula is C11H23NS. The van der Waals surface area contributed by atoms with Crippen molar-refractivity contribution in [1.82, 2.24) is 5.32 Å². The Morgan fingerprint density at radius 3 is 2.62 bits per heavy atom. The van der Waals surface area contributed by atoms with Crippen molar-refractivity contribution in [2.45, 2.75) is 50.8 Å². The molecule has 0 aromatic carbocycles. The largest absolute Gasteiger partial charge is 0.316 e. The molecule has 2 atom stereocenters. The minimum absolute atomic E-state index is 0.741. The maximum atomic E-state index is 3.48. The molecule has 0 amide bonds. The monoisotopic (exact) mass is 201 g/mol. The van der Waals surface area contributed by atoms with Crippen LogP contribution in [0, 0.1) is 5.92 Å². The summed E-state index contributed by atoms with van der Waals surface area (Å²) in [4.78, 5) is 0. The molecule has 2 unspecified atom stereocenters. The fraction of sp³-hybridized carbons (Fsp3) is 1.00. The molecule has 1 heterocycles. The molecule has 1 rings (SSSR count). The van der Waals surface area contributed by atoms with Gasteiger partial charge < -0.3 is 5.32 Å². The second-order valence-electron chi connectivity index (χ2n) is 4.43. The molecular weight excluding hydrogens is 178 g/mol. The van der Waals surface area contributed by atoms with Gasteiger partial charge in [-0.05, 0) is 38.0 Å². The number of nitrogens with one attached hydrogen (secondary N) is 1. The van der Waals surface area contributed by atoms with Gasteiger partial charge in [-0.15, -0.1) is 0 Å². The van der Waals surface area contributed by atoms with Gasteiger partial charge in [-0.1, -0.05) is 20.3 Å². The molecule has 1 fully saturated rings. The standard InChI is InChI=1S/C11H23NS/c1-9(2)8-10(12-3)11-6-4-5-7-13-11/h9-12H,4-8H2,1-3H3. The summed E-state index contributed by atoms with van der Waals surface area (Å²) in [6.07, 6.45) is 5.62. The average molecular weight is 201 g/mol. The summed E-state index contributed by atoms with van der Waals surface area (Å²) in [6, 6.07) is 0.741. The van der Waals surface area contributed by atoms with Crippen molar-refractivity contribution in [3.63, 3.8) is 0 Å². The van der Waals surface area contributed by atoms with Gasteiger partial charge in [0.25, 0.3) is 0 Å². The first kappa shape index (κ1) is 11.4. The van der Waals surface area contributed by atoms with E-state index in [4.69, 9.17) is 0 Å². The third-order valence-corrected chi connectivity index (χ3v) is 4.28. The summed E-state index contributed by atoms with van der Waals surface area (Å²) < 4.78 is 0. The lowest BCUT2D eigenvalue weighted by Crippen LogP contribution is -2.38. The first-order valence-corrected chi connectivity index (χ1v) is 6.57. The average Bonchev–Trinajstić information content (AvgIpc) is 2.15. The van der Waals surface area contributed by atoms with Crippen LogP contribution in [-0.4, -0.2) is 24.1 Å². The summed E-state index contributed by atoms with van der Waals surface area (Å²) in [7, 11) is 2.11. The molecule has 78 valence electrons. The highest BCUT2D eigenvalue weighted by atomic mass is 32.2. The summed E-state index contributed by atoms with van der Waals surface area (Å²) in [5.74, 6) is 2.20. The topological polar surface area (TPSA) is 12.0 Å². The number of thioether (sulfide) groups is 1. The van der Waals surface area contributed by atoms with E-state index in [-0.39, 0.29) is 0 Å². The summed E-state index contributed by atoms with van der Waals surface area (Å²) in [5, 5.41) is 4.36. The van der Waals surface area contributed by atoms with Gasteiger partial charge in [0.2, 0.25) is 0 Å². The van der Waals surface area contributed by atoms with Crippen LogP contribution in [-0.2, 0) is 0 Å². The highest BCUT2D eigenvalue weighted by molar-refractivity contribution is 8.00. The van der Waals surface area contributed by atoms with E-state index in [1.165, 1.54) is 31.4 Å². The van der Waals surface area contributed by atoms with Gasteiger partial charge in [-0.3, -0.25) is 0 Å². The Kier molecular flexibility index (Phi) is 5.18. The molecule has 0 spiro atoms. The van der Waals surface area contributed by atoms with Crippen molar-refractivity contribution in [3.8, 4) is 0 Å². The highest BCUT2D eigenvalue weighted by Gasteiger charge is 2.23. The van der Waals surface area contributed by atoms with Crippen LogP contribution < -0.4 is 5.32 Å². The van der Waals surface area contributed by atoms with Crippen LogP contribution in [0.5, 0.6) is 0 Å². The summed E-state index contributed by atoms with van der Waals surface area (Å²) in [6.45, 7) is 4.63. The number of hydrogen-bond donors (Lipinski definition) is 1. The molecule has 2 heteroatoms. The molecule has 0 aromatic heterocycles. The molecule has 0 saturated carbocycles. The quantitative estimate of drug-likeness (QED) is 0.750. The molecule has 0 aliphatic carbocycles. The van der Waals surface area contributed by atoms with E-state index >= 15 is 0 Å². The minimum atomic E-state index is 0.741. The second-order valence-corrected chi connectivity index (χ2v) is 5.78. The zero-order valence-electron chi connectivity index (χ0n) is 9.18. The van der Waals surface area contributed by atoms with Gasteiger partial charge in [0.15, 0.2) is 0 Å². The van der Waals surface area contributed by atoms with Crippen molar-refractivity contribution in [2.24, 2.45) is 5.92 Å². The third kappa shape index (κ3) is 3.90. The van der Waals surface area contributed by atoms with Crippen molar-refractivity contribution in [1.29, 1.82) is 0 Å². The molecule has 1 aliphatic rings. The Morgan fingerprint density at radius 2 is 2.15 bits per heavy atom. The SMILES string of the molecule is CNC(CC(C)C)C1CCCCS1. The van der Waals surface area contributed by atoms with E-state index < -0.39 is 0 Å². The maximum Gasteiger partial charge on any atom is 0.0201 e. The van der Waals surface area contributed by atoms with Crippen molar-refractivity contribution >= 4 is 11.8 Å². The maximum absolute atomic E-state index is 3.48.